The van der Waals surface area contributed by atoms with Crippen molar-refractivity contribution in [1.82, 2.24) is 9.62 Å². The van der Waals surface area contributed by atoms with Crippen LogP contribution in [0.25, 0.3) is 0 Å². The Kier molecular flexibility index (Phi) is 8.20. The summed E-state index contributed by atoms with van der Waals surface area (Å²) < 4.78 is 32.7. The van der Waals surface area contributed by atoms with E-state index >= 15 is 0 Å². The number of hydrogen-bond acceptors (Lipinski definition) is 4. The maximum absolute atomic E-state index is 13.0. The van der Waals surface area contributed by atoms with Crippen molar-refractivity contribution < 1.29 is 17.9 Å². The number of aryl methyl sites for hydroxylation is 1. The first-order chi connectivity index (χ1) is 15.2. The quantitative estimate of drug-likeness (QED) is 0.607. The Labute approximate surface area is 196 Å². The number of amides is 1. The molecule has 2 aromatic rings. The number of piperidine rings is 1. The van der Waals surface area contributed by atoms with Crippen LogP contribution in [-0.2, 0) is 20.6 Å². The Hall–Kier alpha value is -2.09. The molecule has 1 fully saturated rings. The molecule has 1 N–H and O–H groups in total. The number of nitrogens with zero attached hydrogens (tertiary/aromatic N) is 1. The van der Waals surface area contributed by atoms with E-state index in [1.807, 2.05) is 32.0 Å². The van der Waals surface area contributed by atoms with Crippen molar-refractivity contribution in [2.45, 2.75) is 44.9 Å². The first-order valence-electron chi connectivity index (χ1n) is 10.9. The molecule has 2 atom stereocenters. The number of carbonyl (C=O) groups is 1. The summed E-state index contributed by atoms with van der Waals surface area (Å²) in [6.07, 6.45) is 2.08. The highest BCUT2D eigenvalue weighted by Crippen LogP contribution is 2.26. The average molecular weight is 479 g/mol. The van der Waals surface area contributed by atoms with Gasteiger partial charge in [0.15, 0.2) is 0 Å². The number of nitrogens with one attached hydrogen (secondary N) is 1. The molecule has 1 amide bonds. The zero-order valence-corrected chi connectivity index (χ0v) is 20.4. The Balaban J connectivity index is 1.66. The molecular formula is C24H31ClN2O4S. The standard InChI is InChI=1S/C24H31ClN2O4S/c1-4-22(19-9-12-23(31-3)17(2)14-19)26-24(28)20-6-5-13-27(15-20)32(29,30)16-18-7-10-21(25)11-8-18/h7-12,14,20,22H,4-6,13,15-16H2,1-3H3,(H,26,28)/t20-,22-/m1/s1. The summed E-state index contributed by atoms with van der Waals surface area (Å²) in [5.41, 5.74) is 2.71. The van der Waals surface area contributed by atoms with Crippen LogP contribution in [0.3, 0.4) is 0 Å². The summed E-state index contributed by atoms with van der Waals surface area (Å²) in [6.45, 7) is 4.64. The van der Waals surface area contributed by atoms with Gasteiger partial charge in [-0.15, -0.1) is 0 Å². The summed E-state index contributed by atoms with van der Waals surface area (Å²) in [6, 6.07) is 12.6. The van der Waals surface area contributed by atoms with E-state index in [9.17, 15) is 13.2 Å². The fourth-order valence-electron chi connectivity index (χ4n) is 4.12. The normalized spacial score (nSPS) is 18.2. The second kappa shape index (κ2) is 10.7. The topological polar surface area (TPSA) is 75.7 Å². The van der Waals surface area contributed by atoms with E-state index in [0.29, 0.717) is 30.0 Å². The number of benzene rings is 2. The molecule has 1 saturated heterocycles. The van der Waals surface area contributed by atoms with E-state index < -0.39 is 10.0 Å². The lowest BCUT2D eigenvalue weighted by molar-refractivity contribution is -0.126. The molecule has 1 aliphatic heterocycles. The number of ether oxygens (including phenoxy) is 1. The van der Waals surface area contributed by atoms with E-state index in [1.165, 1.54) is 4.31 Å². The minimum Gasteiger partial charge on any atom is -0.496 e. The van der Waals surface area contributed by atoms with Gasteiger partial charge in [0.2, 0.25) is 15.9 Å². The van der Waals surface area contributed by atoms with Gasteiger partial charge in [-0.1, -0.05) is 42.8 Å². The summed E-state index contributed by atoms with van der Waals surface area (Å²) in [4.78, 5) is 13.0. The van der Waals surface area contributed by atoms with Crippen molar-refractivity contribution in [3.63, 3.8) is 0 Å². The Morgan fingerprint density at radius 2 is 1.97 bits per heavy atom. The van der Waals surface area contributed by atoms with Gasteiger partial charge >= 0.3 is 0 Å². The van der Waals surface area contributed by atoms with Crippen LogP contribution in [-0.4, -0.2) is 38.8 Å². The maximum atomic E-state index is 13.0. The third-order valence-electron chi connectivity index (χ3n) is 5.96. The van der Waals surface area contributed by atoms with Gasteiger partial charge in [-0.2, -0.15) is 0 Å². The third-order valence-corrected chi connectivity index (χ3v) is 8.03. The van der Waals surface area contributed by atoms with Gasteiger partial charge in [-0.05, 0) is 61.1 Å². The molecule has 1 aliphatic rings. The molecule has 6 nitrogen and oxygen atoms in total. The van der Waals surface area contributed by atoms with Crippen LogP contribution < -0.4 is 10.1 Å². The number of methoxy groups -OCH3 is 1. The zero-order chi connectivity index (χ0) is 23.3. The van der Waals surface area contributed by atoms with Gasteiger partial charge in [0, 0.05) is 18.1 Å². The van der Waals surface area contributed by atoms with E-state index in [0.717, 1.165) is 23.3 Å². The molecule has 0 aromatic heterocycles. The van der Waals surface area contributed by atoms with E-state index in [4.69, 9.17) is 16.3 Å². The molecule has 2 aromatic carbocycles. The molecule has 32 heavy (non-hydrogen) atoms. The number of halogens is 1. The molecule has 1 heterocycles. The fraction of sp³-hybridized carbons (Fsp3) is 0.458. The second-order valence-corrected chi connectivity index (χ2v) is 10.7. The van der Waals surface area contributed by atoms with Gasteiger partial charge < -0.3 is 10.1 Å². The molecule has 3 rings (SSSR count). The van der Waals surface area contributed by atoms with Crippen LogP contribution >= 0.6 is 11.6 Å². The van der Waals surface area contributed by atoms with Crippen molar-refractivity contribution in [3.05, 3.63) is 64.2 Å². The molecule has 8 heteroatoms. The predicted molar refractivity (Wildman–Crippen MR) is 127 cm³/mol. The lowest BCUT2D eigenvalue weighted by atomic mass is 9.96. The molecule has 0 unspecified atom stereocenters. The van der Waals surface area contributed by atoms with Crippen LogP contribution in [0.15, 0.2) is 42.5 Å². The Bertz CT molecular complexity index is 1040. The van der Waals surface area contributed by atoms with Gasteiger partial charge in [0.1, 0.15) is 5.75 Å². The van der Waals surface area contributed by atoms with Crippen LogP contribution in [0.4, 0.5) is 0 Å². The largest absolute Gasteiger partial charge is 0.496 e. The smallest absolute Gasteiger partial charge is 0.224 e. The fourth-order valence-corrected chi connectivity index (χ4v) is 5.86. The van der Waals surface area contributed by atoms with Gasteiger partial charge in [0.05, 0.1) is 24.8 Å². The highest BCUT2D eigenvalue weighted by atomic mass is 35.5. The Morgan fingerprint density at radius 3 is 2.59 bits per heavy atom. The summed E-state index contributed by atoms with van der Waals surface area (Å²) in [5, 5.41) is 3.70. The molecule has 0 saturated carbocycles. The molecule has 174 valence electrons. The first-order valence-corrected chi connectivity index (χ1v) is 12.9. The molecular weight excluding hydrogens is 448 g/mol. The van der Waals surface area contributed by atoms with Gasteiger partial charge in [-0.25, -0.2) is 12.7 Å². The first kappa shape index (κ1) is 24.6. The van der Waals surface area contributed by atoms with Crippen molar-refractivity contribution in [2.75, 3.05) is 20.2 Å². The zero-order valence-electron chi connectivity index (χ0n) is 18.8. The Morgan fingerprint density at radius 1 is 1.25 bits per heavy atom. The molecule has 0 aliphatic carbocycles. The maximum Gasteiger partial charge on any atom is 0.224 e. The van der Waals surface area contributed by atoms with Crippen LogP contribution in [0.1, 0.15) is 48.9 Å². The highest BCUT2D eigenvalue weighted by molar-refractivity contribution is 7.88. The molecule has 0 bridgehead atoms. The summed E-state index contributed by atoms with van der Waals surface area (Å²) in [5.74, 6) is 0.249. The number of rotatable bonds is 8. The third kappa shape index (κ3) is 6.03. The number of sulfonamides is 1. The van der Waals surface area contributed by atoms with Crippen LogP contribution in [0.2, 0.25) is 5.02 Å². The van der Waals surface area contributed by atoms with E-state index in [-0.39, 0.29) is 30.2 Å². The van der Waals surface area contributed by atoms with Crippen molar-refractivity contribution >= 4 is 27.5 Å². The summed E-state index contributed by atoms with van der Waals surface area (Å²) >= 11 is 5.90. The highest BCUT2D eigenvalue weighted by Gasteiger charge is 2.33. The van der Waals surface area contributed by atoms with Crippen molar-refractivity contribution in [1.29, 1.82) is 0 Å². The van der Waals surface area contributed by atoms with E-state index in [2.05, 4.69) is 5.32 Å². The van der Waals surface area contributed by atoms with Crippen LogP contribution in [0, 0.1) is 12.8 Å². The van der Waals surface area contributed by atoms with Crippen LogP contribution in [0.5, 0.6) is 5.75 Å². The number of hydrogen-bond donors (Lipinski definition) is 1. The van der Waals surface area contributed by atoms with Gasteiger partial charge in [0.25, 0.3) is 0 Å². The predicted octanol–water partition coefficient (Wildman–Crippen LogP) is 4.47. The minimum absolute atomic E-state index is 0.0960. The molecule has 0 radical (unpaired) electrons. The van der Waals surface area contributed by atoms with Crippen molar-refractivity contribution in [2.24, 2.45) is 5.92 Å². The SMILES string of the molecule is CC[C@@H](NC(=O)[C@@H]1CCCN(S(=O)(=O)Cc2ccc(Cl)cc2)C1)c1ccc(OC)c(C)c1. The lowest BCUT2D eigenvalue weighted by Gasteiger charge is -2.32. The minimum atomic E-state index is -3.52. The lowest BCUT2D eigenvalue weighted by Crippen LogP contribution is -2.46. The number of carbonyl (C=O) groups excluding carboxylic acids is 1. The van der Waals surface area contributed by atoms with E-state index in [1.54, 1.807) is 31.4 Å². The van der Waals surface area contributed by atoms with Gasteiger partial charge in [-0.3, -0.25) is 4.79 Å². The average Bonchev–Trinajstić information content (AvgIpc) is 2.78. The second-order valence-electron chi connectivity index (χ2n) is 8.28. The summed E-state index contributed by atoms with van der Waals surface area (Å²) in [7, 11) is -1.88. The monoisotopic (exact) mass is 478 g/mol. The molecule has 0 spiro atoms. The van der Waals surface area contributed by atoms with Crippen molar-refractivity contribution in [3.8, 4) is 5.75 Å².